The third-order valence-corrected chi connectivity index (χ3v) is 23.4. The predicted octanol–water partition coefficient (Wildman–Crippen LogP) is 27.1. The van der Waals surface area contributed by atoms with Crippen molar-refractivity contribution in [2.24, 2.45) is 0 Å². The summed E-state index contributed by atoms with van der Waals surface area (Å²) in [5.41, 5.74) is 7.53. The summed E-state index contributed by atoms with van der Waals surface area (Å²) in [4.78, 5) is 28.5. The lowest BCUT2D eigenvalue weighted by molar-refractivity contribution is -0.135. The molecule has 7 aromatic carbocycles. The van der Waals surface area contributed by atoms with Crippen LogP contribution in [-0.2, 0) is 28.6 Å². The highest BCUT2D eigenvalue weighted by molar-refractivity contribution is 7.17. The number of unbranched alkanes of at least 4 members (excludes halogenated alkanes) is 12. The Bertz CT molecular complexity index is 5170. The summed E-state index contributed by atoms with van der Waals surface area (Å²) < 4.78 is 142. The van der Waals surface area contributed by atoms with Crippen molar-refractivity contribution in [2.75, 3.05) is 13.2 Å². The number of hydrogen-bond donors (Lipinski definition) is 0. The first-order valence-electron chi connectivity index (χ1n) is 36.9. The Morgan fingerprint density at radius 2 is 0.649 bits per heavy atom. The molecule has 5 heterocycles. The van der Waals surface area contributed by atoms with E-state index in [2.05, 4.69) is 18.2 Å². The highest BCUT2D eigenvalue weighted by Crippen LogP contribution is 2.40. The quantitative estimate of drug-likeness (QED) is 0.0125. The van der Waals surface area contributed by atoms with Crippen molar-refractivity contribution in [2.45, 2.75) is 128 Å². The Morgan fingerprint density at radius 3 is 1.01 bits per heavy atom. The maximum atomic E-state index is 13.6. The molecule has 0 bridgehead atoms. The van der Waals surface area contributed by atoms with E-state index in [1.54, 1.807) is 24.3 Å². The molecule has 0 fully saturated rings. The molecule has 0 saturated carbocycles. The van der Waals surface area contributed by atoms with Crippen LogP contribution in [0.25, 0.3) is 63.3 Å². The number of rotatable bonds is 34. The van der Waals surface area contributed by atoms with Gasteiger partial charge in [-0.1, -0.05) is 118 Å². The molecule has 0 unspecified atom stereocenters. The molecule has 10 nitrogen and oxygen atoms in total. The summed E-state index contributed by atoms with van der Waals surface area (Å²) in [6.45, 7) is 1.27. The highest BCUT2D eigenvalue weighted by atomic mass is 32.1. The monoisotopic (exact) mass is 1640 g/mol. The standard InChI is InChI=1S/C31H29F4NS2.C30H22F3NO4S.C29H24F2N2O2S2/c32-26-20-28(37-29(26)21-36)25-16-12-23(13-17-25)9-7-5-3-1-2-4-6-8-22-10-14-24(15-11-22)27-18-19-30(38-27)31(33,34)35;31-25-16-21(17-26(32)30(25)33)19-6-10-22(11-7-19)37-28(35)4-2-1-3-5-29(36)38-23-12-8-20(9-13-23)27-15-14-24(18-34)39-27;30-24-16-26(36-28(24)18-32)20-6-10-22(11-7-20)34-14-4-2-1-3-5-15-35-23-12-8-21(9-13-23)27-17-25(31)29(19-33)37-27/h10-20H,1-9H2;6-17H,1-5H2;6-13,16-17H,1-5,14-15H2. The normalized spacial score (nSPS) is 10.9. The first-order chi connectivity index (χ1) is 55.2. The van der Waals surface area contributed by atoms with Gasteiger partial charge in [0.15, 0.2) is 34.9 Å². The first kappa shape index (κ1) is 85.3. The first-order valence-corrected chi connectivity index (χ1v) is 41.0. The lowest BCUT2D eigenvalue weighted by Gasteiger charge is -2.08. The maximum Gasteiger partial charge on any atom is 0.425 e. The van der Waals surface area contributed by atoms with E-state index >= 15 is 0 Å². The predicted molar refractivity (Wildman–Crippen MR) is 432 cm³/mol. The average Bonchev–Trinajstić information content (AvgIpc) is 1.24. The molecular weight excluding hydrogens is 1560 g/mol. The molecule has 0 aliphatic rings. The van der Waals surface area contributed by atoms with Crippen LogP contribution < -0.4 is 18.9 Å². The number of alkyl halides is 3. The van der Waals surface area contributed by atoms with Crippen LogP contribution in [0.2, 0.25) is 0 Å². The van der Waals surface area contributed by atoms with Gasteiger partial charge in [-0.3, -0.25) is 9.59 Å². The van der Waals surface area contributed by atoms with Gasteiger partial charge in [0, 0.05) is 37.2 Å². The third-order valence-electron chi connectivity index (χ3n) is 18.0. The van der Waals surface area contributed by atoms with Gasteiger partial charge in [0.2, 0.25) is 0 Å². The van der Waals surface area contributed by atoms with E-state index in [1.165, 1.54) is 108 Å². The number of thiophene rings is 5. The van der Waals surface area contributed by atoms with Gasteiger partial charge in [0.25, 0.3) is 0 Å². The van der Waals surface area contributed by atoms with Gasteiger partial charge >= 0.3 is 18.1 Å². The van der Waals surface area contributed by atoms with Crippen LogP contribution in [0.15, 0.2) is 200 Å². The molecule has 24 heteroatoms. The van der Waals surface area contributed by atoms with Crippen LogP contribution in [0, 0.1) is 80.2 Å². The van der Waals surface area contributed by atoms with Crippen molar-refractivity contribution in [3.63, 3.8) is 0 Å². The second kappa shape index (κ2) is 43.2. The minimum Gasteiger partial charge on any atom is -0.494 e. The van der Waals surface area contributed by atoms with Crippen molar-refractivity contribution < 1.29 is 68.1 Å². The second-order valence-corrected chi connectivity index (χ2v) is 31.7. The molecule has 0 aliphatic carbocycles. The number of nitriles is 4. The number of ether oxygens (including phenoxy) is 4. The zero-order chi connectivity index (χ0) is 80.8. The topological polar surface area (TPSA) is 166 Å². The number of aryl methyl sites for hydroxylation is 2. The zero-order valence-corrected chi connectivity index (χ0v) is 65.7. The van der Waals surface area contributed by atoms with E-state index in [0.29, 0.717) is 53.5 Å². The fourth-order valence-electron chi connectivity index (χ4n) is 11.9. The van der Waals surface area contributed by atoms with Gasteiger partial charge in [-0.05, 0) is 241 Å². The summed E-state index contributed by atoms with van der Waals surface area (Å²) in [7, 11) is 0. The van der Waals surface area contributed by atoms with Gasteiger partial charge in [-0.15, -0.1) is 56.7 Å². The van der Waals surface area contributed by atoms with Gasteiger partial charge < -0.3 is 18.9 Å². The third kappa shape index (κ3) is 26.0. The van der Waals surface area contributed by atoms with E-state index in [9.17, 15) is 49.1 Å². The Morgan fingerprint density at radius 1 is 0.316 bits per heavy atom. The largest absolute Gasteiger partial charge is 0.494 e. The Labute approximate surface area is 675 Å². The lowest BCUT2D eigenvalue weighted by Crippen LogP contribution is -2.09. The second-order valence-electron chi connectivity index (χ2n) is 26.3. The molecule has 584 valence electrons. The Hall–Kier alpha value is -11.1. The fraction of sp³-hybridized carbons (Fsp3) is 0.244. The molecule has 0 radical (unpaired) electrons. The lowest BCUT2D eigenvalue weighted by atomic mass is 10.0. The smallest absolute Gasteiger partial charge is 0.425 e. The van der Waals surface area contributed by atoms with Crippen molar-refractivity contribution in [1.82, 2.24) is 0 Å². The molecule has 0 saturated heterocycles. The molecular formula is C90H75F9N4O6S5. The number of halogens is 9. The fourth-order valence-corrected chi connectivity index (χ4v) is 16.1. The van der Waals surface area contributed by atoms with E-state index in [-0.39, 0.29) is 44.8 Å². The number of carbonyl (C=O) groups is 2. The van der Waals surface area contributed by atoms with Crippen LogP contribution in [0.5, 0.6) is 23.0 Å². The molecule has 12 aromatic rings. The van der Waals surface area contributed by atoms with E-state index in [1.807, 2.05) is 121 Å². The summed E-state index contributed by atoms with van der Waals surface area (Å²) in [5, 5.41) is 35.7. The van der Waals surface area contributed by atoms with E-state index in [4.69, 9.17) is 40.0 Å². The van der Waals surface area contributed by atoms with Crippen LogP contribution in [0.3, 0.4) is 0 Å². The van der Waals surface area contributed by atoms with Crippen LogP contribution in [0.1, 0.15) is 145 Å². The van der Waals surface area contributed by atoms with Crippen LogP contribution in [0.4, 0.5) is 39.5 Å². The maximum absolute atomic E-state index is 13.6. The van der Waals surface area contributed by atoms with E-state index < -0.39 is 51.9 Å². The van der Waals surface area contributed by atoms with Crippen molar-refractivity contribution in [3.8, 4) is 111 Å². The highest BCUT2D eigenvalue weighted by Gasteiger charge is 2.32. The van der Waals surface area contributed by atoms with Gasteiger partial charge in [-0.25, -0.2) is 26.3 Å². The van der Waals surface area contributed by atoms with E-state index in [0.717, 1.165) is 169 Å². The minimum atomic E-state index is -4.28. The number of nitrogens with zero attached hydrogens (tertiary/aromatic N) is 4. The van der Waals surface area contributed by atoms with Gasteiger partial charge in [0.05, 0.1) is 13.2 Å². The summed E-state index contributed by atoms with van der Waals surface area (Å²) >= 11 is 5.65. The molecule has 0 amide bonds. The number of benzene rings is 7. The van der Waals surface area contributed by atoms with Crippen molar-refractivity contribution >= 4 is 68.6 Å². The van der Waals surface area contributed by atoms with Gasteiger partial charge in [-0.2, -0.15) is 34.2 Å². The molecule has 0 aliphatic heterocycles. The van der Waals surface area contributed by atoms with Crippen LogP contribution >= 0.6 is 56.7 Å². The molecule has 114 heavy (non-hydrogen) atoms. The Kier molecular flexibility index (Phi) is 32.4. The molecule has 5 aromatic heterocycles. The summed E-state index contributed by atoms with van der Waals surface area (Å²) in [6, 6.07) is 64.2. The van der Waals surface area contributed by atoms with Crippen LogP contribution in [-0.4, -0.2) is 25.2 Å². The van der Waals surface area contributed by atoms with Crippen molar-refractivity contribution in [1.29, 1.82) is 21.0 Å². The number of esters is 2. The zero-order valence-electron chi connectivity index (χ0n) is 61.6. The molecule has 0 atom stereocenters. The SMILES string of the molecule is N#Cc1ccc(-c2ccc(OC(=O)CCCCCC(=O)Oc3ccc(-c4cc(F)c(F)c(F)c4)cc3)cc2)s1.N#Cc1sc(-c2ccc(CCCCCCCCCc3ccc(-c4ccc(C(F)(F)F)s4)cc3)cc2)cc1F.N#Cc1sc(-c2ccc(OCCCCCCCOc3ccc(-c4cc(F)c(C#N)s4)cc3)cc2)cc1F. The van der Waals surface area contributed by atoms with Gasteiger partial charge in [0.1, 0.15) is 71.7 Å². The molecule has 0 N–H and O–H groups in total. The minimum absolute atomic E-state index is 0.0980. The summed E-state index contributed by atoms with van der Waals surface area (Å²) in [6.07, 6.45) is 13.3. The molecule has 0 spiro atoms. The Balaban J connectivity index is 0.000000181. The average molecular weight is 1640 g/mol. The van der Waals surface area contributed by atoms with Crippen molar-refractivity contribution in [3.05, 3.63) is 271 Å². The number of hydrogen-bond acceptors (Lipinski definition) is 15. The summed E-state index contributed by atoms with van der Waals surface area (Å²) in [5.74, 6) is -4.07. The molecule has 12 rings (SSSR count). The number of carbonyl (C=O) groups excluding carboxylic acids is 2.